The topological polar surface area (TPSA) is 124 Å². The molecule has 11 heteroatoms. The van der Waals surface area contributed by atoms with Gasteiger partial charge in [0.1, 0.15) is 17.9 Å². The molecule has 292 valence electrons. The number of likely N-dealkylation sites (N-methyl/N-ethyl adjacent to an activating group) is 1. The van der Waals surface area contributed by atoms with E-state index in [0.29, 0.717) is 58.2 Å². The minimum absolute atomic E-state index is 0.0301. The Hall–Kier alpha value is -3.51. The zero-order valence-corrected chi connectivity index (χ0v) is 33.3. The van der Waals surface area contributed by atoms with Crippen LogP contribution in [0.2, 0.25) is 5.02 Å². The van der Waals surface area contributed by atoms with E-state index in [1.165, 1.54) is 6.42 Å². The predicted octanol–water partition coefficient (Wildman–Crippen LogP) is 5.58. The lowest BCUT2D eigenvalue weighted by Gasteiger charge is -2.62. The Bertz CT molecular complexity index is 1790. The quantitative estimate of drug-likeness (QED) is 0.168. The second-order valence-electron chi connectivity index (χ2n) is 16.6. The fourth-order valence-corrected chi connectivity index (χ4v) is 9.71. The lowest BCUT2D eigenvalue weighted by Crippen LogP contribution is -2.62. The summed E-state index contributed by atoms with van der Waals surface area (Å²) in [5.41, 5.74) is 3.96. The Morgan fingerprint density at radius 3 is 2.46 bits per heavy atom. The molecule has 0 aromatic heterocycles. The minimum Gasteiger partial charge on any atom is -0.496 e. The zero-order valence-electron chi connectivity index (χ0n) is 32.6. The fourth-order valence-electron chi connectivity index (χ4n) is 9.48. The van der Waals surface area contributed by atoms with Crippen LogP contribution < -0.4 is 15.4 Å². The molecule has 2 amide bonds. The van der Waals surface area contributed by atoms with Crippen molar-refractivity contribution in [1.82, 2.24) is 20.6 Å². The van der Waals surface area contributed by atoms with Gasteiger partial charge in [-0.15, -0.1) is 0 Å². The van der Waals surface area contributed by atoms with Crippen molar-refractivity contribution >= 4 is 23.4 Å². The maximum absolute atomic E-state index is 14.2. The maximum atomic E-state index is 14.2. The number of amides is 2. The average molecular weight is 761 g/mol. The van der Waals surface area contributed by atoms with Gasteiger partial charge in [0.25, 0.3) is 5.91 Å². The Balaban J connectivity index is 1.25. The Kier molecular flexibility index (Phi) is 12.4. The average Bonchev–Trinajstić information content (AvgIpc) is 3.50. The van der Waals surface area contributed by atoms with Crippen LogP contribution in [0, 0.1) is 29.1 Å². The first-order chi connectivity index (χ1) is 25.7. The number of nitrogens with zero attached hydrogens (tertiary/aromatic N) is 2. The lowest BCUT2D eigenvalue weighted by molar-refractivity contribution is -0.183. The number of para-hydroxylation sites is 1. The number of nitrogens with one attached hydrogen (secondary N) is 2. The molecule has 4 aliphatic rings. The summed E-state index contributed by atoms with van der Waals surface area (Å²) in [4.78, 5) is 36.3. The van der Waals surface area contributed by atoms with E-state index < -0.39 is 24.2 Å². The van der Waals surface area contributed by atoms with Crippen LogP contribution in [-0.2, 0) is 22.6 Å². The summed E-state index contributed by atoms with van der Waals surface area (Å²) in [5.74, 6) is 0.878. The first-order valence-electron chi connectivity index (χ1n) is 19.2. The number of aliphatic hydroxyl groups is 2. The molecular weight excluding hydrogens is 704 g/mol. The van der Waals surface area contributed by atoms with Crippen molar-refractivity contribution < 1.29 is 29.4 Å². The molecule has 3 aromatic carbocycles. The number of hydrogen-bond donors (Lipinski definition) is 4. The van der Waals surface area contributed by atoms with E-state index in [-0.39, 0.29) is 42.5 Å². The van der Waals surface area contributed by atoms with E-state index in [1.54, 1.807) is 31.2 Å². The van der Waals surface area contributed by atoms with Crippen LogP contribution in [0.25, 0.3) is 11.1 Å². The second-order valence-corrected chi connectivity index (χ2v) is 17.0. The van der Waals surface area contributed by atoms with Gasteiger partial charge in [-0.25, -0.2) is 0 Å². The molecule has 4 N–H and O–H groups in total. The summed E-state index contributed by atoms with van der Waals surface area (Å²) in [7, 11) is 5.55. The van der Waals surface area contributed by atoms with Gasteiger partial charge in [-0.2, -0.15) is 5.06 Å². The SMILES string of the molecule is COc1c(CN2O[C@@H](CO)[C@@H]([C@H](C)O)[C@H]2C(=O)N[C@H]2C[C@@H]3C[C@H]([C@@H]2C)C3(C)C)cccc1-c1cc(Cl)cc(C(=O)N[C@@H](Cc2ccccc2)CN(C)C)c1. The van der Waals surface area contributed by atoms with E-state index in [2.05, 4.69) is 48.4 Å². The molecule has 7 rings (SSSR count). The Labute approximate surface area is 325 Å². The van der Waals surface area contributed by atoms with Crippen molar-refractivity contribution in [2.24, 2.45) is 29.1 Å². The molecule has 0 unspecified atom stereocenters. The van der Waals surface area contributed by atoms with Crippen molar-refractivity contribution in [1.29, 1.82) is 0 Å². The minimum atomic E-state index is -0.909. The van der Waals surface area contributed by atoms with Crippen molar-refractivity contribution in [3.63, 3.8) is 0 Å². The number of ether oxygens (including phenoxy) is 1. The molecule has 1 aliphatic heterocycles. The number of hydroxylamine groups is 2. The normalized spacial score (nSPS) is 27.2. The molecule has 4 fully saturated rings. The third-order valence-electron chi connectivity index (χ3n) is 12.4. The number of rotatable bonds is 14. The van der Waals surface area contributed by atoms with Gasteiger partial charge in [-0.3, -0.25) is 14.4 Å². The molecule has 1 saturated heterocycles. The number of hydrogen-bond acceptors (Lipinski definition) is 8. The first kappa shape index (κ1) is 40.2. The van der Waals surface area contributed by atoms with E-state index >= 15 is 0 Å². The molecule has 9 atom stereocenters. The highest BCUT2D eigenvalue weighted by atomic mass is 35.5. The molecule has 3 saturated carbocycles. The van der Waals surface area contributed by atoms with Crippen molar-refractivity contribution in [2.45, 2.75) is 83.8 Å². The molecule has 2 bridgehead atoms. The summed E-state index contributed by atoms with van der Waals surface area (Å²) < 4.78 is 6.02. The van der Waals surface area contributed by atoms with Crippen LogP contribution in [0.3, 0.4) is 0 Å². The molecule has 54 heavy (non-hydrogen) atoms. The zero-order chi connectivity index (χ0) is 38.9. The van der Waals surface area contributed by atoms with Crippen LogP contribution in [0.15, 0.2) is 66.7 Å². The van der Waals surface area contributed by atoms with Gasteiger partial charge in [0.15, 0.2) is 0 Å². The van der Waals surface area contributed by atoms with Crippen molar-refractivity contribution in [3.8, 4) is 16.9 Å². The van der Waals surface area contributed by atoms with Crippen LogP contribution in [0.4, 0.5) is 0 Å². The van der Waals surface area contributed by atoms with Gasteiger partial charge in [0.05, 0.1) is 26.4 Å². The largest absolute Gasteiger partial charge is 0.496 e. The molecule has 0 spiro atoms. The monoisotopic (exact) mass is 760 g/mol. The molecule has 1 heterocycles. The van der Waals surface area contributed by atoms with Crippen molar-refractivity contribution in [3.05, 3.63) is 88.4 Å². The molecular formula is C43H57ClN4O6. The van der Waals surface area contributed by atoms with E-state index in [9.17, 15) is 19.8 Å². The first-order valence-corrected chi connectivity index (χ1v) is 19.6. The fraction of sp³-hybridized carbons (Fsp3) is 0.535. The van der Waals surface area contributed by atoms with Crippen LogP contribution in [0.5, 0.6) is 5.75 Å². The standard InChI is InChI=1S/C43H57ClN4O6/c1-25-35-20-31(43(35,3)4)21-36(25)46-42(52)39-38(26(2)50)37(24-49)54-48(39)22-28-14-11-15-34(40(28)53-7)29-17-30(19-32(44)18-29)41(51)45-33(23-47(5)6)16-27-12-9-8-10-13-27/h8-15,17-19,25-26,31,33,35-39,49-50H,16,20-24H2,1-7H3,(H,45,51)(H,46,52)/t25-,26-,31-,33-,35+,36-,37-,38+,39-/m0/s1. The predicted molar refractivity (Wildman–Crippen MR) is 211 cm³/mol. The number of methoxy groups -OCH3 is 1. The van der Waals surface area contributed by atoms with Gasteiger partial charge < -0.3 is 30.5 Å². The van der Waals surface area contributed by atoms with Crippen LogP contribution in [-0.4, -0.2) is 96.7 Å². The number of carbonyl (C=O) groups excluding carboxylic acids is 2. The van der Waals surface area contributed by atoms with Gasteiger partial charge in [0, 0.05) is 46.3 Å². The highest BCUT2D eigenvalue weighted by Gasteiger charge is 2.57. The second kappa shape index (κ2) is 16.7. The van der Waals surface area contributed by atoms with Crippen molar-refractivity contribution in [2.75, 3.05) is 34.4 Å². The van der Waals surface area contributed by atoms with Crippen LogP contribution >= 0.6 is 11.6 Å². The lowest BCUT2D eigenvalue weighted by atomic mass is 9.45. The van der Waals surface area contributed by atoms with E-state index in [1.807, 2.05) is 56.6 Å². The van der Waals surface area contributed by atoms with Gasteiger partial charge >= 0.3 is 0 Å². The highest BCUT2D eigenvalue weighted by molar-refractivity contribution is 6.31. The van der Waals surface area contributed by atoms with Gasteiger partial charge in [0.2, 0.25) is 5.91 Å². The molecule has 0 radical (unpaired) electrons. The number of halogens is 1. The molecule has 10 nitrogen and oxygen atoms in total. The maximum Gasteiger partial charge on any atom is 0.251 e. The molecule has 3 aromatic rings. The highest BCUT2D eigenvalue weighted by Crippen LogP contribution is 2.61. The summed E-state index contributed by atoms with van der Waals surface area (Å²) in [6, 6.07) is 20.1. The number of carbonyl (C=O) groups is 2. The number of benzene rings is 3. The number of fused-ring (bicyclic) bond motifs is 2. The summed E-state index contributed by atoms with van der Waals surface area (Å²) >= 11 is 6.67. The van der Waals surface area contributed by atoms with Crippen LogP contribution in [0.1, 0.15) is 62.0 Å². The Morgan fingerprint density at radius 1 is 1.09 bits per heavy atom. The number of aliphatic hydroxyl groups excluding tert-OH is 2. The Morgan fingerprint density at radius 2 is 1.83 bits per heavy atom. The summed E-state index contributed by atoms with van der Waals surface area (Å²) in [5, 5.41) is 29.8. The molecule has 3 aliphatic carbocycles. The van der Waals surface area contributed by atoms with Gasteiger partial charge in [-0.1, -0.05) is 80.9 Å². The van der Waals surface area contributed by atoms with Gasteiger partial charge in [-0.05, 0) is 92.8 Å². The van der Waals surface area contributed by atoms with E-state index in [0.717, 1.165) is 17.5 Å². The third kappa shape index (κ3) is 8.34. The van der Waals surface area contributed by atoms with E-state index in [4.69, 9.17) is 21.2 Å². The smallest absolute Gasteiger partial charge is 0.251 e. The third-order valence-corrected chi connectivity index (χ3v) is 12.6. The summed E-state index contributed by atoms with van der Waals surface area (Å²) in [6.45, 7) is 8.99. The summed E-state index contributed by atoms with van der Waals surface area (Å²) in [6.07, 6.45) is 1.12.